The summed E-state index contributed by atoms with van der Waals surface area (Å²) in [4.78, 5) is 10.0. The number of hydrogen-bond acceptors (Lipinski definition) is 2. The van der Waals surface area contributed by atoms with E-state index in [-0.39, 0.29) is 0 Å². The summed E-state index contributed by atoms with van der Waals surface area (Å²) in [7, 11) is 0. The standard InChI is InChI=1S/C58H42N4/c1-39(45-32-34-50-48-22-12-15-25-55(48)62(57(50)37-45)47-20-10-5-11-21-47)26-27-40(2)61-54-24-14-13-23-49(54)51-36-46(33-35-56(51)61)41-28-30-43(31-29-41)53-38-52(42-16-6-3-7-17-42)59-58(60-53)44-18-8-4-9-19-44/h3-31,33,35-38H,1-2,32,34H2/b27-26-. The summed E-state index contributed by atoms with van der Waals surface area (Å²) in [5, 5.41) is 3.69. The van der Waals surface area contributed by atoms with Crippen LogP contribution in [0.2, 0.25) is 0 Å². The third-order valence-electron chi connectivity index (χ3n) is 12.2. The molecule has 0 bridgehead atoms. The Balaban J connectivity index is 0.898. The molecule has 0 radical (unpaired) electrons. The average molecular weight is 795 g/mol. The van der Waals surface area contributed by atoms with Crippen molar-refractivity contribution in [1.29, 1.82) is 0 Å². The molecule has 0 amide bonds. The number of aryl methyl sites for hydroxylation is 1. The molecule has 1 aliphatic rings. The number of aromatic nitrogens is 4. The van der Waals surface area contributed by atoms with Gasteiger partial charge in [0.15, 0.2) is 5.82 Å². The van der Waals surface area contributed by atoms with Gasteiger partial charge in [-0.2, -0.15) is 0 Å². The Bertz CT molecular complexity index is 3340. The van der Waals surface area contributed by atoms with E-state index in [2.05, 4.69) is 192 Å². The maximum Gasteiger partial charge on any atom is 0.160 e. The molecule has 0 saturated heterocycles. The van der Waals surface area contributed by atoms with E-state index in [1.807, 2.05) is 36.4 Å². The third-order valence-corrected chi connectivity index (χ3v) is 12.2. The molecule has 4 heteroatoms. The number of benzene rings is 7. The molecule has 294 valence electrons. The molecule has 4 nitrogen and oxygen atoms in total. The molecule has 7 aromatic carbocycles. The molecule has 0 saturated carbocycles. The molecule has 3 heterocycles. The minimum atomic E-state index is 0.710. The van der Waals surface area contributed by atoms with Crippen LogP contribution in [0.15, 0.2) is 225 Å². The van der Waals surface area contributed by atoms with Gasteiger partial charge in [-0.3, -0.25) is 0 Å². The van der Waals surface area contributed by atoms with Crippen LogP contribution in [-0.4, -0.2) is 19.1 Å². The topological polar surface area (TPSA) is 35.6 Å². The quantitative estimate of drug-likeness (QED) is 0.136. The van der Waals surface area contributed by atoms with Crippen LogP contribution in [0.1, 0.15) is 17.7 Å². The SMILES string of the molecule is C=C(/C=C\C(=C)n1c2ccccc2c2cc(-c3ccc(-c4cc(-c5ccccc5)nc(-c5ccccc5)n4)cc3)ccc21)C1=Cc2c(c3ccccc3n2-c2ccccc2)CC1. The fourth-order valence-corrected chi connectivity index (χ4v) is 9.09. The van der Waals surface area contributed by atoms with Gasteiger partial charge in [0.1, 0.15) is 0 Å². The largest absolute Gasteiger partial charge is 0.310 e. The smallest absolute Gasteiger partial charge is 0.160 e. The highest BCUT2D eigenvalue weighted by Gasteiger charge is 2.22. The molecule has 0 spiro atoms. The Kier molecular flexibility index (Phi) is 9.24. The first-order valence-corrected chi connectivity index (χ1v) is 21.2. The zero-order valence-electron chi connectivity index (χ0n) is 34.2. The number of rotatable bonds is 9. The summed E-state index contributed by atoms with van der Waals surface area (Å²) in [6.07, 6.45) is 8.50. The average Bonchev–Trinajstić information content (AvgIpc) is 3.86. The van der Waals surface area contributed by atoms with Gasteiger partial charge in [-0.25, -0.2) is 9.97 Å². The minimum Gasteiger partial charge on any atom is -0.310 e. The molecule has 0 atom stereocenters. The minimum absolute atomic E-state index is 0.710. The highest BCUT2D eigenvalue weighted by Crippen LogP contribution is 2.39. The summed E-state index contributed by atoms with van der Waals surface area (Å²) in [6.45, 7) is 9.17. The van der Waals surface area contributed by atoms with Crippen molar-refractivity contribution in [3.05, 3.63) is 236 Å². The normalized spacial score (nSPS) is 12.5. The number of nitrogens with zero attached hydrogens (tertiary/aromatic N) is 4. The van der Waals surface area contributed by atoms with Gasteiger partial charge in [0.2, 0.25) is 0 Å². The number of allylic oxidation sites excluding steroid dienone is 5. The van der Waals surface area contributed by atoms with E-state index in [9.17, 15) is 0 Å². The van der Waals surface area contributed by atoms with E-state index in [1.165, 1.54) is 44.2 Å². The molecule has 3 aromatic heterocycles. The van der Waals surface area contributed by atoms with Gasteiger partial charge in [-0.05, 0) is 95.3 Å². The highest BCUT2D eigenvalue weighted by molar-refractivity contribution is 6.11. The Morgan fingerprint density at radius 1 is 0.468 bits per heavy atom. The monoisotopic (exact) mass is 794 g/mol. The first-order valence-electron chi connectivity index (χ1n) is 21.2. The van der Waals surface area contributed by atoms with Gasteiger partial charge in [-0.1, -0.05) is 165 Å². The van der Waals surface area contributed by atoms with Gasteiger partial charge in [0, 0.05) is 44.2 Å². The fraction of sp³-hybridized carbons (Fsp3) is 0.0345. The summed E-state index contributed by atoms with van der Waals surface area (Å²) >= 11 is 0. The van der Waals surface area contributed by atoms with Crippen molar-refractivity contribution >= 4 is 44.5 Å². The van der Waals surface area contributed by atoms with Gasteiger partial charge in [0.05, 0.1) is 33.6 Å². The van der Waals surface area contributed by atoms with Gasteiger partial charge in [0.25, 0.3) is 0 Å². The first kappa shape index (κ1) is 37.0. The van der Waals surface area contributed by atoms with Crippen LogP contribution in [0, 0.1) is 0 Å². The molecular formula is C58H42N4. The van der Waals surface area contributed by atoms with Crippen LogP contribution >= 0.6 is 0 Å². The van der Waals surface area contributed by atoms with Gasteiger partial charge in [-0.15, -0.1) is 0 Å². The lowest BCUT2D eigenvalue weighted by molar-refractivity contribution is 0.929. The van der Waals surface area contributed by atoms with Crippen molar-refractivity contribution in [2.45, 2.75) is 12.8 Å². The lowest BCUT2D eigenvalue weighted by atomic mass is 9.91. The predicted molar refractivity (Wildman–Crippen MR) is 260 cm³/mol. The molecule has 10 aromatic rings. The Hall–Kier alpha value is -8.08. The van der Waals surface area contributed by atoms with E-state index in [1.54, 1.807) is 0 Å². The van der Waals surface area contributed by atoms with E-state index >= 15 is 0 Å². The molecule has 62 heavy (non-hydrogen) atoms. The second-order valence-corrected chi connectivity index (χ2v) is 15.9. The van der Waals surface area contributed by atoms with Crippen molar-refractivity contribution < 1.29 is 0 Å². The Morgan fingerprint density at radius 3 is 1.76 bits per heavy atom. The van der Waals surface area contributed by atoms with E-state index in [0.29, 0.717) is 5.82 Å². The molecule has 0 N–H and O–H groups in total. The van der Waals surface area contributed by atoms with Crippen LogP contribution in [0.5, 0.6) is 0 Å². The second-order valence-electron chi connectivity index (χ2n) is 15.9. The van der Waals surface area contributed by atoms with Crippen molar-refractivity contribution in [2.24, 2.45) is 0 Å². The molecule has 0 aliphatic heterocycles. The molecule has 0 fully saturated rings. The van der Waals surface area contributed by atoms with Gasteiger partial charge >= 0.3 is 0 Å². The summed E-state index contributed by atoms with van der Waals surface area (Å²) in [6, 6.07) is 66.0. The number of para-hydroxylation sites is 3. The zero-order chi connectivity index (χ0) is 41.6. The maximum atomic E-state index is 5.04. The predicted octanol–water partition coefficient (Wildman–Crippen LogP) is 14.8. The molecule has 1 aliphatic carbocycles. The zero-order valence-corrected chi connectivity index (χ0v) is 34.2. The van der Waals surface area contributed by atoms with Crippen LogP contribution in [0.25, 0.3) is 95.2 Å². The van der Waals surface area contributed by atoms with Crippen molar-refractivity contribution in [3.63, 3.8) is 0 Å². The van der Waals surface area contributed by atoms with Crippen LogP contribution < -0.4 is 0 Å². The van der Waals surface area contributed by atoms with Gasteiger partial charge < -0.3 is 9.13 Å². The number of hydrogen-bond donors (Lipinski definition) is 0. The lowest BCUT2D eigenvalue weighted by Crippen LogP contribution is -2.04. The Morgan fingerprint density at radius 2 is 1.03 bits per heavy atom. The fourth-order valence-electron chi connectivity index (χ4n) is 9.09. The van der Waals surface area contributed by atoms with Crippen molar-refractivity contribution in [1.82, 2.24) is 19.1 Å². The van der Waals surface area contributed by atoms with E-state index in [0.717, 1.165) is 74.4 Å². The molecular weight excluding hydrogens is 753 g/mol. The second kappa shape index (κ2) is 15.5. The highest BCUT2D eigenvalue weighted by atomic mass is 15.0. The Labute approximate surface area is 361 Å². The third kappa shape index (κ3) is 6.59. The van der Waals surface area contributed by atoms with E-state index in [4.69, 9.17) is 9.97 Å². The molecule has 11 rings (SSSR count). The van der Waals surface area contributed by atoms with Crippen LogP contribution in [0.3, 0.4) is 0 Å². The summed E-state index contributed by atoms with van der Waals surface area (Å²) in [5.74, 6) is 0.710. The van der Waals surface area contributed by atoms with E-state index < -0.39 is 0 Å². The van der Waals surface area contributed by atoms with Crippen molar-refractivity contribution in [2.75, 3.05) is 0 Å². The maximum absolute atomic E-state index is 5.04. The lowest BCUT2D eigenvalue weighted by Gasteiger charge is -2.17. The summed E-state index contributed by atoms with van der Waals surface area (Å²) < 4.78 is 4.66. The molecule has 0 unspecified atom stereocenters. The number of fused-ring (bicyclic) bond motifs is 6. The van der Waals surface area contributed by atoms with Crippen LogP contribution in [-0.2, 0) is 6.42 Å². The van der Waals surface area contributed by atoms with Crippen molar-refractivity contribution in [3.8, 4) is 50.7 Å². The summed E-state index contributed by atoms with van der Waals surface area (Å²) in [5.41, 5.74) is 17.6. The van der Waals surface area contributed by atoms with Crippen LogP contribution in [0.4, 0.5) is 0 Å². The first-order chi connectivity index (χ1) is 30.6.